The van der Waals surface area contributed by atoms with Crippen LogP contribution in [-0.4, -0.2) is 118 Å². The smallest absolute Gasteiger partial charge is 0.253 e. The number of pyridine rings is 1. The maximum absolute atomic E-state index is 16.6. The number of piperidine rings is 3. The molecule has 3 saturated heterocycles. The van der Waals surface area contributed by atoms with E-state index in [1.54, 1.807) is 7.05 Å². The summed E-state index contributed by atoms with van der Waals surface area (Å²) in [4.78, 5) is 60.4. The number of carbonyl (C=O) groups excluding carboxylic acids is 4. The van der Waals surface area contributed by atoms with Gasteiger partial charge < -0.3 is 35.0 Å². The van der Waals surface area contributed by atoms with E-state index in [1.807, 2.05) is 42.2 Å². The van der Waals surface area contributed by atoms with Crippen LogP contribution in [0.5, 0.6) is 11.6 Å². The van der Waals surface area contributed by atoms with Gasteiger partial charge in [0.25, 0.3) is 11.8 Å². The molecule has 404 valence electrons. The Labute approximate surface area is 443 Å². The Morgan fingerprint density at radius 3 is 2.32 bits per heavy atom. The summed E-state index contributed by atoms with van der Waals surface area (Å²) >= 11 is 6.77. The summed E-state index contributed by atoms with van der Waals surface area (Å²) < 4.78 is 78.5. The molecule has 5 aliphatic rings. The lowest BCUT2D eigenvalue weighted by Gasteiger charge is -2.45. The Morgan fingerprint density at radius 1 is 0.934 bits per heavy atom. The van der Waals surface area contributed by atoms with E-state index in [0.717, 1.165) is 24.6 Å². The minimum Gasteiger partial charge on any atom is -0.480 e. The normalized spacial score (nSPS) is 24.6. The number of aromatic nitrogens is 3. The van der Waals surface area contributed by atoms with E-state index < -0.39 is 75.4 Å². The Kier molecular flexibility index (Phi) is 15.0. The predicted octanol–water partition coefficient (Wildman–Crippen LogP) is 7.90. The first kappa shape index (κ1) is 53.3. The number of fused-ring (bicyclic) bond motifs is 2. The number of benzene rings is 3. The summed E-state index contributed by atoms with van der Waals surface area (Å²) in [6, 6.07) is 12.2. The van der Waals surface area contributed by atoms with Crippen LogP contribution in [-0.2, 0) is 27.0 Å². The van der Waals surface area contributed by atoms with Crippen LogP contribution in [0.15, 0.2) is 48.7 Å². The zero-order valence-corrected chi connectivity index (χ0v) is 43.8. The van der Waals surface area contributed by atoms with Gasteiger partial charge >= 0.3 is 0 Å². The fourth-order valence-corrected chi connectivity index (χ4v) is 13.1. The number of aliphatic hydroxyl groups excluding tert-OH is 1. The Morgan fingerprint density at radius 2 is 1.64 bits per heavy atom. The zero-order chi connectivity index (χ0) is 53.8. The molecule has 1 aliphatic carbocycles. The lowest BCUT2D eigenvalue weighted by molar-refractivity contribution is -0.145. The molecule has 0 bridgehead atoms. The van der Waals surface area contributed by atoms with Gasteiger partial charge in [0.05, 0.1) is 28.8 Å². The molecule has 76 heavy (non-hydrogen) atoms. The van der Waals surface area contributed by atoms with Crippen LogP contribution < -0.4 is 25.4 Å². The third kappa shape index (κ3) is 9.48. The first-order valence-electron chi connectivity index (χ1n) is 26.3. The molecule has 10 rings (SSSR count). The number of carbonyl (C=O) groups is 4. The number of likely N-dealkylation sites (tertiary alicyclic amines) is 2. The van der Waals surface area contributed by atoms with E-state index in [0.29, 0.717) is 70.3 Å². The number of hydrogen-bond donors (Lipinski definition) is 4. The number of amides is 4. The van der Waals surface area contributed by atoms with Crippen LogP contribution in [0.4, 0.5) is 17.6 Å². The van der Waals surface area contributed by atoms with Crippen LogP contribution in [0, 0.1) is 28.7 Å². The molecule has 4 fully saturated rings. The van der Waals surface area contributed by atoms with Crippen molar-refractivity contribution in [2.75, 3.05) is 53.0 Å². The highest BCUT2D eigenvalue weighted by molar-refractivity contribution is 6.34. The molecule has 6 heterocycles. The molecular weight excluding hydrogens is 1010 g/mol. The highest BCUT2D eigenvalue weighted by Gasteiger charge is 2.51. The number of aryl methyl sites for hydroxylation is 1. The molecule has 1 saturated carbocycles. The van der Waals surface area contributed by atoms with E-state index in [1.165, 1.54) is 23.9 Å². The second-order valence-corrected chi connectivity index (χ2v) is 21.8. The van der Waals surface area contributed by atoms with Gasteiger partial charge in [0.1, 0.15) is 29.5 Å². The Balaban J connectivity index is 0.774. The summed E-state index contributed by atoms with van der Waals surface area (Å²) in [6.45, 7) is 6.06. The highest BCUT2D eigenvalue weighted by Crippen LogP contribution is 2.57. The van der Waals surface area contributed by atoms with Gasteiger partial charge in [-0.1, -0.05) is 55.8 Å². The summed E-state index contributed by atoms with van der Waals surface area (Å²) in [7, 11) is 2.96. The van der Waals surface area contributed by atoms with E-state index in [2.05, 4.69) is 37.9 Å². The number of aliphatic hydroxyl groups is 1. The van der Waals surface area contributed by atoms with Crippen LogP contribution in [0.25, 0.3) is 22.0 Å². The quantitative estimate of drug-likeness (QED) is 0.0666. The standard InChI is InChI=1S/C56H63ClF4N8O7/c1-30-42-40(27-39(59)46(57)45(42)44-37(51(72)62-3)28-63-53(48(44)61)75-25-24-70)76-56(30,32-8-6-5-7-9-32)29-64-33-12-18-55(2,19-13-33)54(74)69-22-16-34(17-23-69)68-20-14-31(15-21-68)43-38(58)26-36-49(66-67(4)50(36)47(43)60)35-10-11-41(71)65-52(35)73/h5-9,26-28,30-31,33-35,64,70H,10-25,29H2,1-4H3,(H,62,72)(H,65,71,73). The molecule has 4 amide bonds. The van der Waals surface area contributed by atoms with Gasteiger partial charge in [0.2, 0.25) is 17.7 Å². The first-order valence-corrected chi connectivity index (χ1v) is 26.7. The SMILES string of the molecule is CNC(=O)c1cnc(OCCO)c(F)c1-c1c(Cl)c(F)cc2c1C(C)C(CNC1CCC(C)(C(=O)N3CCC(N4CCC(c5c(F)cc6c(C7CCC(=O)NC7=O)nn(C)c6c5F)CC4)CC3)CC1)(c1ccccc1)O2. The number of ether oxygens (including phenoxy) is 2. The molecule has 15 nitrogen and oxygen atoms in total. The van der Waals surface area contributed by atoms with Gasteiger partial charge in [-0.15, -0.1) is 0 Å². The topological polar surface area (TPSA) is 180 Å². The zero-order valence-electron chi connectivity index (χ0n) is 43.0. The largest absolute Gasteiger partial charge is 0.480 e. The second-order valence-electron chi connectivity index (χ2n) is 21.4. The van der Waals surface area contributed by atoms with Crippen molar-refractivity contribution in [3.63, 3.8) is 0 Å². The van der Waals surface area contributed by atoms with Gasteiger partial charge in [-0.2, -0.15) is 5.10 Å². The average molecular weight is 1070 g/mol. The lowest BCUT2D eigenvalue weighted by Crippen LogP contribution is -2.53. The molecule has 3 aromatic carbocycles. The van der Waals surface area contributed by atoms with Crippen molar-refractivity contribution < 1.29 is 51.3 Å². The maximum atomic E-state index is 16.6. The molecular formula is C56H63ClF4N8O7. The highest BCUT2D eigenvalue weighted by atomic mass is 35.5. The van der Waals surface area contributed by atoms with Crippen LogP contribution >= 0.6 is 11.6 Å². The summed E-state index contributed by atoms with van der Waals surface area (Å²) in [6.07, 6.45) is 6.91. The van der Waals surface area contributed by atoms with Crippen molar-refractivity contribution in [1.82, 2.24) is 40.5 Å². The minimum atomic E-state index is -1.15. The summed E-state index contributed by atoms with van der Waals surface area (Å²) in [5.41, 5.74) is -0.666. The van der Waals surface area contributed by atoms with Gasteiger partial charge in [-0.3, -0.25) is 29.2 Å². The molecule has 3 unspecified atom stereocenters. The van der Waals surface area contributed by atoms with Crippen molar-refractivity contribution in [3.8, 4) is 22.8 Å². The number of nitrogens with one attached hydrogen (secondary N) is 3. The third-order valence-corrected chi connectivity index (χ3v) is 17.4. The van der Waals surface area contributed by atoms with Crippen LogP contribution in [0.2, 0.25) is 5.02 Å². The number of imide groups is 1. The average Bonchev–Trinajstić information content (AvgIpc) is 3.90. The number of hydrogen-bond acceptors (Lipinski definition) is 11. The van der Waals surface area contributed by atoms with Gasteiger partial charge in [-0.25, -0.2) is 22.5 Å². The molecule has 4 N–H and O–H groups in total. The molecule has 2 aromatic heterocycles. The molecule has 5 aromatic rings. The number of nitrogens with zero attached hydrogens (tertiary/aromatic N) is 5. The molecule has 4 aliphatic heterocycles. The number of halogens is 5. The first-order chi connectivity index (χ1) is 36.5. The third-order valence-electron chi connectivity index (χ3n) is 17.1. The monoisotopic (exact) mass is 1070 g/mol. The maximum Gasteiger partial charge on any atom is 0.253 e. The molecule has 3 atom stereocenters. The van der Waals surface area contributed by atoms with Crippen LogP contribution in [0.1, 0.15) is 129 Å². The van der Waals surface area contributed by atoms with E-state index in [9.17, 15) is 24.3 Å². The van der Waals surface area contributed by atoms with E-state index in [4.69, 9.17) is 21.1 Å². The van der Waals surface area contributed by atoms with Crippen molar-refractivity contribution >= 4 is 46.1 Å². The molecule has 0 spiro atoms. The van der Waals surface area contributed by atoms with Crippen molar-refractivity contribution in [1.29, 1.82) is 0 Å². The minimum absolute atomic E-state index is 0.00135. The predicted molar refractivity (Wildman–Crippen MR) is 275 cm³/mol. The molecule has 0 radical (unpaired) electrons. The second kappa shape index (κ2) is 21.3. The van der Waals surface area contributed by atoms with Gasteiger partial charge in [0, 0.05) is 103 Å². The summed E-state index contributed by atoms with van der Waals surface area (Å²) in [5.74, 6) is -6.74. The fraction of sp³-hybridized carbons (Fsp3) is 0.500. The number of rotatable bonds is 13. The van der Waals surface area contributed by atoms with E-state index >= 15 is 17.6 Å². The Bertz CT molecular complexity index is 3080. The fourth-order valence-electron chi connectivity index (χ4n) is 12.8. The summed E-state index contributed by atoms with van der Waals surface area (Å²) in [5, 5.41) is 22.2. The van der Waals surface area contributed by atoms with Crippen LogP contribution in [0.3, 0.4) is 0 Å². The van der Waals surface area contributed by atoms with Crippen molar-refractivity contribution in [2.24, 2.45) is 12.5 Å². The molecule has 20 heteroatoms. The lowest BCUT2D eigenvalue weighted by atomic mass is 9.72. The van der Waals surface area contributed by atoms with Crippen molar-refractivity contribution in [2.45, 2.75) is 113 Å². The van der Waals surface area contributed by atoms with Crippen molar-refractivity contribution in [3.05, 3.63) is 105 Å². The van der Waals surface area contributed by atoms with E-state index in [-0.39, 0.29) is 100 Å². The van der Waals surface area contributed by atoms with Gasteiger partial charge in [-0.05, 0) is 88.4 Å². The van der Waals surface area contributed by atoms with Gasteiger partial charge in [0.15, 0.2) is 17.2 Å². The Hall–Kier alpha value is -6.15.